The van der Waals surface area contributed by atoms with Crippen molar-refractivity contribution in [2.45, 2.75) is 26.7 Å². The molecule has 0 spiro atoms. The molecule has 1 aromatic heterocycles. The Morgan fingerprint density at radius 3 is 2.87 bits per heavy atom. The van der Waals surface area contributed by atoms with Gasteiger partial charge in [-0.1, -0.05) is 24.9 Å². The van der Waals surface area contributed by atoms with Crippen LogP contribution in [0.5, 0.6) is 0 Å². The van der Waals surface area contributed by atoms with Gasteiger partial charge in [-0.15, -0.1) is 0 Å². The first-order chi connectivity index (χ1) is 7.19. The summed E-state index contributed by atoms with van der Waals surface area (Å²) in [4.78, 5) is 15.7. The number of carbonyl (C=O) groups excluding carboxylic acids is 1. The van der Waals surface area contributed by atoms with E-state index in [1.54, 1.807) is 19.2 Å². The van der Waals surface area contributed by atoms with E-state index < -0.39 is 0 Å². The van der Waals surface area contributed by atoms with Crippen LogP contribution in [0, 0.1) is 0 Å². The van der Waals surface area contributed by atoms with Crippen LogP contribution in [0.4, 0.5) is 0 Å². The number of pyridine rings is 1. The first kappa shape index (κ1) is 12.0. The summed E-state index contributed by atoms with van der Waals surface area (Å²) in [5, 5.41) is 0.456. The SMILES string of the molecule is CCCc1ncc(Cl)cc1C(=O)OCC. The molecule has 1 aromatic rings. The summed E-state index contributed by atoms with van der Waals surface area (Å²) in [5.41, 5.74) is 1.23. The number of rotatable bonds is 4. The smallest absolute Gasteiger partial charge is 0.340 e. The van der Waals surface area contributed by atoms with Crippen LogP contribution in [-0.2, 0) is 11.2 Å². The van der Waals surface area contributed by atoms with Crippen LogP contribution in [0.15, 0.2) is 12.3 Å². The Labute approximate surface area is 94.4 Å². The highest BCUT2D eigenvalue weighted by molar-refractivity contribution is 6.30. The molecule has 0 amide bonds. The van der Waals surface area contributed by atoms with Gasteiger partial charge in [0, 0.05) is 6.20 Å². The van der Waals surface area contributed by atoms with E-state index in [1.807, 2.05) is 6.92 Å². The van der Waals surface area contributed by atoms with Gasteiger partial charge in [0.1, 0.15) is 0 Å². The maximum absolute atomic E-state index is 11.6. The van der Waals surface area contributed by atoms with Crippen molar-refractivity contribution in [1.29, 1.82) is 0 Å². The lowest BCUT2D eigenvalue weighted by Crippen LogP contribution is -2.09. The molecule has 82 valence electrons. The fraction of sp³-hybridized carbons (Fsp3) is 0.455. The largest absolute Gasteiger partial charge is 0.462 e. The lowest BCUT2D eigenvalue weighted by atomic mass is 10.1. The zero-order valence-corrected chi connectivity index (χ0v) is 9.67. The summed E-state index contributed by atoms with van der Waals surface area (Å²) in [5.74, 6) is -0.351. The van der Waals surface area contributed by atoms with E-state index in [4.69, 9.17) is 16.3 Å². The second-order valence-electron chi connectivity index (χ2n) is 3.12. The minimum absolute atomic E-state index is 0.351. The highest BCUT2D eigenvalue weighted by atomic mass is 35.5. The molecular formula is C11H14ClNO2. The Hall–Kier alpha value is -1.09. The zero-order chi connectivity index (χ0) is 11.3. The topological polar surface area (TPSA) is 39.2 Å². The Bertz CT molecular complexity index is 352. The molecule has 0 saturated carbocycles. The summed E-state index contributed by atoms with van der Waals surface area (Å²) in [7, 11) is 0. The Kier molecular flexibility index (Phi) is 4.56. The lowest BCUT2D eigenvalue weighted by molar-refractivity contribution is 0.0524. The number of halogens is 1. The average molecular weight is 228 g/mol. The molecule has 0 aliphatic rings. The van der Waals surface area contributed by atoms with E-state index in [0.717, 1.165) is 18.5 Å². The Morgan fingerprint density at radius 1 is 1.53 bits per heavy atom. The number of aromatic nitrogens is 1. The molecule has 0 unspecified atom stereocenters. The number of ether oxygens (including phenoxy) is 1. The van der Waals surface area contributed by atoms with E-state index in [1.165, 1.54) is 0 Å². The fourth-order valence-corrected chi connectivity index (χ4v) is 1.45. The molecule has 1 rings (SSSR count). The molecule has 3 nitrogen and oxygen atoms in total. The molecule has 0 saturated heterocycles. The molecule has 0 aliphatic carbocycles. The summed E-state index contributed by atoms with van der Waals surface area (Å²) >= 11 is 5.79. The van der Waals surface area contributed by atoms with Gasteiger partial charge in [-0.2, -0.15) is 0 Å². The van der Waals surface area contributed by atoms with Gasteiger partial charge < -0.3 is 4.74 Å². The summed E-state index contributed by atoms with van der Waals surface area (Å²) in [6.45, 7) is 4.16. The number of aryl methyl sites for hydroxylation is 1. The zero-order valence-electron chi connectivity index (χ0n) is 8.92. The predicted octanol–water partition coefficient (Wildman–Crippen LogP) is 2.86. The average Bonchev–Trinajstić information content (AvgIpc) is 2.21. The van der Waals surface area contributed by atoms with Crippen molar-refractivity contribution in [3.63, 3.8) is 0 Å². The molecule has 0 N–H and O–H groups in total. The number of hydrogen-bond acceptors (Lipinski definition) is 3. The van der Waals surface area contributed by atoms with Gasteiger partial charge in [0.15, 0.2) is 0 Å². The maximum atomic E-state index is 11.6. The van der Waals surface area contributed by atoms with Crippen molar-refractivity contribution >= 4 is 17.6 Å². The first-order valence-electron chi connectivity index (χ1n) is 5.00. The van der Waals surface area contributed by atoms with Crippen molar-refractivity contribution in [2.75, 3.05) is 6.61 Å². The van der Waals surface area contributed by atoms with Crippen LogP contribution >= 0.6 is 11.6 Å². The number of nitrogens with zero attached hydrogens (tertiary/aromatic N) is 1. The van der Waals surface area contributed by atoms with Crippen LogP contribution in [-0.4, -0.2) is 17.6 Å². The number of carbonyl (C=O) groups is 1. The van der Waals surface area contributed by atoms with E-state index in [9.17, 15) is 4.79 Å². The molecular weight excluding hydrogens is 214 g/mol. The minimum Gasteiger partial charge on any atom is -0.462 e. The molecule has 0 bridgehead atoms. The van der Waals surface area contributed by atoms with E-state index >= 15 is 0 Å². The van der Waals surface area contributed by atoms with Gasteiger partial charge in [0.2, 0.25) is 0 Å². The number of hydrogen-bond donors (Lipinski definition) is 0. The van der Waals surface area contributed by atoms with Gasteiger partial charge >= 0.3 is 5.97 Å². The second-order valence-corrected chi connectivity index (χ2v) is 3.55. The number of esters is 1. The maximum Gasteiger partial charge on any atom is 0.340 e. The van der Waals surface area contributed by atoms with Crippen molar-refractivity contribution in [3.05, 3.63) is 28.5 Å². The van der Waals surface area contributed by atoms with Gasteiger partial charge in [0.05, 0.1) is 22.9 Å². The lowest BCUT2D eigenvalue weighted by Gasteiger charge is -2.07. The third kappa shape index (κ3) is 3.20. The fourth-order valence-electron chi connectivity index (χ4n) is 1.29. The van der Waals surface area contributed by atoms with Crippen molar-refractivity contribution in [3.8, 4) is 0 Å². The monoisotopic (exact) mass is 227 g/mol. The summed E-state index contributed by atoms with van der Waals surface area (Å²) < 4.78 is 4.93. The van der Waals surface area contributed by atoms with Crippen molar-refractivity contribution < 1.29 is 9.53 Å². The third-order valence-electron chi connectivity index (χ3n) is 1.92. The predicted molar refractivity (Wildman–Crippen MR) is 59.2 cm³/mol. The Morgan fingerprint density at radius 2 is 2.27 bits per heavy atom. The van der Waals surface area contributed by atoms with Gasteiger partial charge in [-0.05, 0) is 19.4 Å². The molecule has 1 heterocycles. The molecule has 0 aromatic carbocycles. The molecule has 15 heavy (non-hydrogen) atoms. The van der Waals surface area contributed by atoms with Crippen LogP contribution in [0.25, 0.3) is 0 Å². The van der Waals surface area contributed by atoms with Gasteiger partial charge in [-0.3, -0.25) is 4.98 Å². The second kappa shape index (κ2) is 5.71. The molecule has 0 aliphatic heterocycles. The Balaban J connectivity index is 3.00. The quantitative estimate of drug-likeness (QED) is 0.743. The summed E-state index contributed by atoms with van der Waals surface area (Å²) in [6, 6.07) is 1.61. The van der Waals surface area contributed by atoms with Crippen LogP contribution in [0.2, 0.25) is 5.02 Å². The van der Waals surface area contributed by atoms with Gasteiger partial charge in [-0.25, -0.2) is 4.79 Å². The summed E-state index contributed by atoms with van der Waals surface area (Å²) in [6.07, 6.45) is 3.24. The van der Waals surface area contributed by atoms with Crippen LogP contribution in [0.1, 0.15) is 36.3 Å². The minimum atomic E-state index is -0.351. The van der Waals surface area contributed by atoms with Crippen LogP contribution in [0.3, 0.4) is 0 Å². The standard InChI is InChI=1S/C11H14ClNO2/c1-3-5-10-9(11(14)15-4-2)6-8(12)7-13-10/h6-7H,3-5H2,1-2H3. The highest BCUT2D eigenvalue weighted by Gasteiger charge is 2.13. The molecule has 0 radical (unpaired) electrons. The van der Waals surface area contributed by atoms with Crippen molar-refractivity contribution in [2.24, 2.45) is 0 Å². The third-order valence-corrected chi connectivity index (χ3v) is 2.13. The normalized spacial score (nSPS) is 10.1. The first-order valence-corrected chi connectivity index (χ1v) is 5.38. The van der Waals surface area contributed by atoms with E-state index in [0.29, 0.717) is 17.2 Å². The molecule has 0 fully saturated rings. The van der Waals surface area contributed by atoms with E-state index in [2.05, 4.69) is 4.98 Å². The molecule has 0 atom stereocenters. The highest BCUT2D eigenvalue weighted by Crippen LogP contribution is 2.15. The van der Waals surface area contributed by atoms with Crippen LogP contribution < -0.4 is 0 Å². The van der Waals surface area contributed by atoms with E-state index in [-0.39, 0.29) is 5.97 Å². The van der Waals surface area contributed by atoms with Gasteiger partial charge in [0.25, 0.3) is 0 Å². The van der Waals surface area contributed by atoms with Crippen molar-refractivity contribution in [1.82, 2.24) is 4.98 Å². The molecule has 4 heteroatoms.